The fourth-order valence-corrected chi connectivity index (χ4v) is 4.84. The van der Waals surface area contributed by atoms with Gasteiger partial charge in [0.25, 0.3) is 0 Å². The summed E-state index contributed by atoms with van der Waals surface area (Å²) in [5, 5.41) is 14.1. The number of hydrogen-bond acceptors (Lipinski definition) is 6. The number of pyridine rings is 1. The molecule has 188 valence electrons. The van der Waals surface area contributed by atoms with Crippen LogP contribution in [0.2, 0.25) is 0 Å². The Labute approximate surface area is 205 Å². The average molecular weight is 500 g/mol. The summed E-state index contributed by atoms with van der Waals surface area (Å²) in [6.07, 6.45) is 0.309. The highest BCUT2D eigenvalue weighted by Crippen LogP contribution is 2.34. The average Bonchev–Trinajstić information content (AvgIpc) is 3.29. The molecule has 0 aliphatic carbocycles. The van der Waals surface area contributed by atoms with Gasteiger partial charge in [-0.1, -0.05) is 6.07 Å². The first-order chi connectivity index (χ1) is 17.2. The van der Waals surface area contributed by atoms with Gasteiger partial charge < -0.3 is 4.90 Å². The van der Waals surface area contributed by atoms with E-state index in [0.29, 0.717) is 30.7 Å². The number of aromatic nitrogens is 5. The summed E-state index contributed by atoms with van der Waals surface area (Å²) in [7, 11) is 3.80. The minimum atomic E-state index is -4.59. The molecule has 1 aliphatic heterocycles. The first-order valence-corrected chi connectivity index (χ1v) is 11.6. The van der Waals surface area contributed by atoms with Crippen LogP contribution in [0.1, 0.15) is 24.0 Å². The third kappa shape index (κ3) is 4.62. The third-order valence-corrected chi connectivity index (χ3v) is 6.79. The Hall–Kier alpha value is -3.60. The molecule has 0 unspecified atom stereocenters. The summed E-state index contributed by atoms with van der Waals surface area (Å²) in [6.45, 7) is 1.35. The van der Waals surface area contributed by atoms with Crippen LogP contribution in [-0.4, -0.2) is 56.0 Å². The van der Waals surface area contributed by atoms with Crippen molar-refractivity contribution in [1.82, 2.24) is 29.9 Å². The highest BCUT2D eigenvalue weighted by atomic mass is 19.4. The maximum absolute atomic E-state index is 13.5. The third-order valence-electron chi connectivity index (χ3n) is 6.79. The van der Waals surface area contributed by atoms with Crippen LogP contribution in [0.25, 0.3) is 22.3 Å². The SMILES string of the molecule is CN(c1nnc(-c2ccnn2C)c2ncccc12)C1CCN(Cc2ccc(F)cc2C(F)(F)F)CC1. The van der Waals surface area contributed by atoms with E-state index in [0.717, 1.165) is 35.5 Å². The van der Waals surface area contributed by atoms with Gasteiger partial charge in [0.05, 0.1) is 11.3 Å². The molecule has 0 bridgehead atoms. The van der Waals surface area contributed by atoms with Gasteiger partial charge in [0.15, 0.2) is 5.82 Å². The van der Waals surface area contributed by atoms with E-state index in [-0.39, 0.29) is 18.2 Å². The lowest BCUT2D eigenvalue weighted by Gasteiger charge is -2.37. The van der Waals surface area contributed by atoms with Crippen molar-refractivity contribution in [3.63, 3.8) is 0 Å². The zero-order chi connectivity index (χ0) is 25.4. The lowest BCUT2D eigenvalue weighted by molar-refractivity contribution is -0.138. The molecule has 11 heteroatoms. The molecule has 0 saturated carbocycles. The predicted molar refractivity (Wildman–Crippen MR) is 128 cm³/mol. The van der Waals surface area contributed by atoms with E-state index in [4.69, 9.17) is 0 Å². The lowest BCUT2D eigenvalue weighted by Crippen LogP contribution is -2.43. The number of alkyl halides is 3. The number of likely N-dealkylation sites (tertiary alicyclic amines) is 1. The molecule has 5 rings (SSSR count). The monoisotopic (exact) mass is 499 g/mol. The zero-order valence-electron chi connectivity index (χ0n) is 19.9. The van der Waals surface area contributed by atoms with Crippen LogP contribution >= 0.6 is 0 Å². The lowest BCUT2D eigenvalue weighted by atomic mass is 10.0. The molecular weight excluding hydrogens is 474 g/mol. The van der Waals surface area contributed by atoms with Crippen molar-refractivity contribution in [2.24, 2.45) is 7.05 Å². The van der Waals surface area contributed by atoms with Crippen LogP contribution in [0, 0.1) is 5.82 Å². The van der Waals surface area contributed by atoms with Crippen LogP contribution in [-0.2, 0) is 19.8 Å². The number of anilines is 1. The molecule has 0 spiro atoms. The second-order valence-corrected chi connectivity index (χ2v) is 9.03. The molecule has 0 N–H and O–H groups in total. The Balaban J connectivity index is 1.33. The maximum atomic E-state index is 13.5. The number of rotatable bonds is 5. The van der Waals surface area contributed by atoms with Crippen molar-refractivity contribution in [2.45, 2.75) is 31.6 Å². The van der Waals surface area contributed by atoms with E-state index in [1.807, 2.05) is 37.2 Å². The molecule has 1 aliphatic rings. The Morgan fingerprint density at radius 2 is 1.83 bits per heavy atom. The summed E-state index contributed by atoms with van der Waals surface area (Å²) in [6, 6.07) is 8.71. The van der Waals surface area contributed by atoms with Gasteiger partial charge in [-0.3, -0.25) is 14.6 Å². The second kappa shape index (κ2) is 9.45. The van der Waals surface area contributed by atoms with Crippen LogP contribution in [0.4, 0.5) is 23.4 Å². The molecule has 0 atom stereocenters. The van der Waals surface area contributed by atoms with Gasteiger partial charge in [0.2, 0.25) is 0 Å². The van der Waals surface area contributed by atoms with Crippen LogP contribution < -0.4 is 4.90 Å². The molecular formula is C25H25F4N7. The number of hydrogen-bond donors (Lipinski definition) is 0. The summed E-state index contributed by atoms with van der Waals surface area (Å²) in [5.74, 6) is -0.177. The Kier molecular flexibility index (Phi) is 6.33. The number of piperidine rings is 1. The van der Waals surface area contributed by atoms with Gasteiger partial charge in [-0.15, -0.1) is 10.2 Å². The molecule has 1 aromatic carbocycles. The summed E-state index contributed by atoms with van der Waals surface area (Å²) >= 11 is 0. The van der Waals surface area contributed by atoms with E-state index in [1.165, 1.54) is 6.07 Å². The van der Waals surface area contributed by atoms with Crippen LogP contribution in [0.15, 0.2) is 48.8 Å². The van der Waals surface area contributed by atoms with Gasteiger partial charge in [0.1, 0.15) is 17.0 Å². The van der Waals surface area contributed by atoms with Crippen molar-refractivity contribution in [3.8, 4) is 11.4 Å². The summed E-state index contributed by atoms with van der Waals surface area (Å²) < 4.78 is 55.4. The minimum absolute atomic E-state index is 0.0874. The molecule has 1 fully saturated rings. The molecule has 3 aromatic heterocycles. The normalized spacial score (nSPS) is 15.5. The smallest absolute Gasteiger partial charge is 0.355 e. The fourth-order valence-electron chi connectivity index (χ4n) is 4.84. The highest BCUT2D eigenvalue weighted by Gasteiger charge is 2.34. The second-order valence-electron chi connectivity index (χ2n) is 9.03. The summed E-state index contributed by atoms with van der Waals surface area (Å²) in [5.41, 5.74) is 1.37. The number of nitrogens with zero attached hydrogens (tertiary/aromatic N) is 7. The molecule has 36 heavy (non-hydrogen) atoms. The zero-order valence-corrected chi connectivity index (χ0v) is 19.9. The molecule has 1 saturated heterocycles. The maximum Gasteiger partial charge on any atom is 0.416 e. The van der Waals surface area contributed by atoms with Crippen LogP contribution in [0.5, 0.6) is 0 Å². The van der Waals surface area contributed by atoms with E-state index in [1.54, 1.807) is 17.1 Å². The highest BCUT2D eigenvalue weighted by molar-refractivity contribution is 5.96. The minimum Gasteiger partial charge on any atom is -0.355 e. The molecule has 7 nitrogen and oxygen atoms in total. The van der Waals surface area contributed by atoms with E-state index >= 15 is 0 Å². The topological polar surface area (TPSA) is 63.0 Å². The molecule has 4 heterocycles. The fraction of sp³-hybridized carbons (Fsp3) is 0.360. The number of benzene rings is 1. The van der Waals surface area contributed by atoms with E-state index < -0.39 is 17.6 Å². The Morgan fingerprint density at radius 3 is 2.53 bits per heavy atom. The van der Waals surface area contributed by atoms with Gasteiger partial charge >= 0.3 is 6.18 Å². The largest absolute Gasteiger partial charge is 0.416 e. The number of halogens is 4. The molecule has 0 radical (unpaired) electrons. The molecule has 4 aromatic rings. The standard InChI is InChI=1S/C25H25F4N7/c1-34(24-19-4-3-10-30-22(19)23(32-33-24)21-7-11-31-35(21)2)18-8-12-36(13-9-18)15-16-5-6-17(26)14-20(16)25(27,28)29/h3-7,10-11,14,18H,8-9,12-13,15H2,1-2H3. The van der Waals surface area contributed by atoms with Gasteiger partial charge in [-0.25, -0.2) is 4.39 Å². The number of fused-ring (bicyclic) bond motifs is 1. The van der Waals surface area contributed by atoms with Crippen molar-refractivity contribution >= 4 is 16.7 Å². The van der Waals surface area contributed by atoms with Crippen molar-refractivity contribution in [1.29, 1.82) is 0 Å². The quantitative estimate of drug-likeness (QED) is 0.372. The van der Waals surface area contributed by atoms with Crippen molar-refractivity contribution < 1.29 is 17.6 Å². The van der Waals surface area contributed by atoms with Crippen molar-refractivity contribution in [3.05, 3.63) is 65.7 Å². The predicted octanol–water partition coefficient (Wildman–Crippen LogP) is 4.68. The Morgan fingerprint density at radius 1 is 1.06 bits per heavy atom. The van der Waals surface area contributed by atoms with Gasteiger partial charge in [-0.05, 0) is 48.7 Å². The van der Waals surface area contributed by atoms with Crippen LogP contribution in [0.3, 0.4) is 0 Å². The van der Waals surface area contributed by atoms with Gasteiger partial charge in [-0.2, -0.15) is 18.3 Å². The summed E-state index contributed by atoms with van der Waals surface area (Å²) in [4.78, 5) is 8.62. The Bertz CT molecular complexity index is 1380. The first kappa shape index (κ1) is 24.1. The van der Waals surface area contributed by atoms with Crippen molar-refractivity contribution in [2.75, 3.05) is 25.0 Å². The molecule has 0 amide bonds. The van der Waals surface area contributed by atoms with E-state index in [9.17, 15) is 17.6 Å². The van der Waals surface area contributed by atoms with E-state index in [2.05, 4.69) is 25.2 Å². The number of aryl methyl sites for hydroxylation is 1. The van der Waals surface area contributed by atoms with Gasteiger partial charge in [0, 0.05) is 57.6 Å². The first-order valence-electron chi connectivity index (χ1n) is 11.6.